The molecule has 5 nitrogen and oxygen atoms in total. The predicted molar refractivity (Wildman–Crippen MR) is 254 cm³/mol. The molecule has 0 bridgehead atoms. The number of thiol groups is 2. The Balaban J connectivity index is -0.000000165. The molecular weight excluding hydrogens is 1450 g/mol. The number of unbranched alkanes of at least 4 members (excludes halogenated alkanes) is 5. The van der Waals surface area contributed by atoms with Crippen molar-refractivity contribution < 1.29 is 157 Å². The number of hydrogen-bond acceptors (Lipinski definition) is 7. The first-order valence-electron chi connectivity index (χ1n) is 21.2. The smallest absolute Gasteiger partial charge is 0.374 e. The highest BCUT2D eigenvalue weighted by Crippen LogP contribution is 2.49. The Morgan fingerprint density at radius 3 is 0.815 bits per heavy atom. The molecule has 0 spiro atoms. The molecule has 4 N–H and O–H groups in total. The van der Waals surface area contributed by atoms with Crippen molar-refractivity contribution in [3.05, 3.63) is 37.0 Å². The van der Waals surface area contributed by atoms with Crippen molar-refractivity contribution in [1.29, 1.82) is 0 Å². The van der Waals surface area contributed by atoms with Crippen molar-refractivity contribution in [1.82, 2.24) is 0 Å². The highest BCUT2D eigenvalue weighted by Gasteiger charge is 2.72. The fourth-order valence-electron chi connectivity index (χ4n) is 4.26. The number of allylic oxidation sites excluding steroid dienone is 3. The van der Waals surface area contributed by atoms with E-state index in [2.05, 4.69) is 79.6 Å². The van der Waals surface area contributed by atoms with Crippen LogP contribution in [0.4, 0.5) is 132 Å². The summed E-state index contributed by atoms with van der Waals surface area (Å²) >= 11 is 16.8. The highest BCUT2D eigenvalue weighted by molar-refractivity contribution is 9.09. The van der Waals surface area contributed by atoms with Crippen LogP contribution in [0.3, 0.4) is 0 Å². The van der Waals surface area contributed by atoms with Crippen LogP contribution in [-0.4, -0.2) is 138 Å². The first-order chi connectivity index (χ1) is 35.3. The molecule has 0 heterocycles. The molecule has 0 aromatic rings. The van der Waals surface area contributed by atoms with Crippen LogP contribution < -0.4 is 0 Å². The van der Waals surface area contributed by atoms with Crippen LogP contribution >= 0.6 is 73.0 Å². The third kappa shape index (κ3) is 35.9. The van der Waals surface area contributed by atoms with Crippen molar-refractivity contribution in [3.63, 3.8) is 0 Å². The van der Waals surface area contributed by atoms with E-state index in [4.69, 9.17) is 20.4 Å². The summed E-state index contributed by atoms with van der Waals surface area (Å²) in [5, 5.41) is 36.8. The first kappa shape index (κ1) is 93.5. The zero-order chi connectivity index (χ0) is 65.5. The van der Waals surface area contributed by atoms with Gasteiger partial charge in [-0.05, 0) is 75.7 Å². The van der Waals surface area contributed by atoms with Gasteiger partial charge in [0.15, 0.2) is 0 Å². The monoisotopic (exact) mass is 1500 g/mol. The average Bonchev–Trinajstić information content (AvgIpc) is 3.25. The zero-order valence-electron chi connectivity index (χ0n) is 40.1. The third-order valence-corrected chi connectivity index (χ3v) is 11.1. The number of aliphatic hydroxyl groups is 4. The Hall–Kier alpha value is -1.23. The number of rotatable bonds is 21. The predicted octanol–water partition coefficient (Wildman–Crippen LogP) is 18.5. The average molecular weight is 1500 g/mol. The van der Waals surface area contributed by atoms with Crippen LogP contribution in [0.2, 0.25) is 0 Å². The molecule has 40 heteroatoms. The largest absolute Gasteiger partial charge is 0.459 e. The Morgan fingerprint density at radius 2 is 0.630 bits per heavy atom. The van der Waals surface area contributed by atoms with Crippen LogP contribution in [-0.2, 0) is 4.79 Å². The van der Waals surface area contributed by atoms with Crippen molar-refractivity contribution in [2.24, 2.45) is 0 Å². The number of halogens is 33. The number of carbonyl (C=O) groups excluding carboxylic acids is 1. The topological polar surface area (TPSA) is 98.0 Å². The summed E-state index contributed by atoms with van der Waals surface area (Å²) in [5.74, 6) is -3.00. The molecule has 0 aliphatic heterocycles. The van der Waals surface area contributed by atoms with Crippen LogP contribution in [0.5, 0.6) is 0 Å². The molecule has 492 valence electrons. The molecule has 0 saturated heterocycles. The van der Waals surface area contributed by atoms with Crippen molar-refractivity contribution in [3.8, 4) is 0 Å². The van der Waals surface area contributed by atoms with E-state index in [1.807, 2.05) is 6.08 Å². The highest BCUT2D eigenvalue weighted by atomic mass is 79.9. The Morgan fingerprint density at radius 1 is 0.358 bits per heavy atom. The molecule has 0 amide bonds. The molecule has 0 aliphatic carbocycles. The lowest BCUT2D eigenvalue weighted by Gasteiger charge is -2.32. The molecule has 0 unspecified atom stereocenters. The molecule has 0 aliphatic rings. The van der Waals surface area contributed by atoms with E-state index in [0.29, 0.717) is 47.2 Å². The number of Topliss-reactive ketones (excluding diaryl/α,β-unsaturated/α-hetero) is 1. The van der Waals surface area contributed by atoms with E-state index >= 15 is 0 Å². The minimum atomic E-state index is -5.82. The summed E-state index contributed by atoms with van der Waals surface area (Å²) in [7, 11) is 0. The van der Waals surface area contributed by atoms with Crippen LogP contribution in [0.1, 0.15) is 97.3 Å². The summed E-state index contributed by atoms with van der Waals surface area (Å²) < 4.78 is 356. The second kappa shape index (κ2) is 39.5. The molecule has 81 heavy (non-hydrogen) atoms. The second-order valence-electron chi connectivity index (χ2n) is 15.2. The summed E-state index contributed by atoms with van der Waals surface area (Å²) in [5.41, 5.74) is -18.6. The van der Waals surface area contributed by atoms with Gasteiger partial charge >= 0.3 is 67.5 Å². The van der Waals surface area contributed by atoms with E-state index < -0.39 is 116 Å². The molecule has 0 saturated carbocycles. The van der Waals surface area contributed by atoms with Gasteiger partial charge in [0.1, 0.15) is 0 Å². The lowest BCUT2D eigenvalue weighted by molar-refractivity contribution is -0.370. The molecular formula is C41H55Br3F30O5S2. The number of ketones is 1. The van der Waals surface area contributed by atoms with Gasteiger partial charge in [-0.2, -0.15) is 157 Å². The van der Waals surface area contributed by atoms with E-state index in [-0.39, 0.29) is 46.0 Å². The zero-order valence-corrected chi connectivity index (χ0v) is 46.6. The van der Waals surface area contributed by atoms with E-state index in [1.165, 1.54) is 6.42 Å². The maximum atomic E-state index is 12.1. The Labute approximate surface area is 480 Å². The van der Waals surface area contributed by atoms with Crippen molar-refractivity contribution in [2.45, 2.75) is 181 Å². The van der Waals surface area contributed by atoms with Gasteiger partial charge in [-0.1, -0.05) is 98.4 Å². The summed E-state index contributed by atoms with van der Waals surface area (Å²) in [4.78, 5) is 9.24. The maximum absolute atomic E-state index is 12.1. The maximum Gasteiger partial charge on any atom is 0.459 e. The standard InChI is InChI=1S/C8H11BrF6O.C8H9BrF6O.C8H12F6OS.C8H10F6OS.C5H9Br.C3F6O.CH4/c2*9-5-3-1-2-4-6(16,7(10,11)12)8(13,14)15;2*9-7(10,11)6(15,8(12,13)14)4-2-1-3-5-16;1-2-3-4-5-6;4-2(5,6)1(10)3(7,8)9;/h16H,1-5H2;1-2,16H,3-5H2;15-16H,1-5H2;1-2,15-16H,3-5H2;2H,1,3-5H2;;1H4/b;2-1+;;2-1+;;;. The quantitative estimate of drug-likeness (QED) is 0.0226. The first-order valence-corrected chi connectivity index (χ1v) is 25.9. The minimum absolute atomic E-state index is 0. The van der Waals surface area contributed by atoms with Crippen molar-refractivity contribution >= 4 is 78.8 Å². The number of hydrogen-bond donors (Lipinski definition) is 6. The van der Waals surface area contributed by atoms with Crippen LogP contribution in [0.15, 0.2) is 37.0 Å². The molecule has 0 radical (unpaired) electrons. The normalized spacial score (nSPS) is 13.7. The van der Waals surface area contributed by atoms with E-state index in [1.54, 1.807) is 0 Å². The van der Waals surface area contributed by atoms with E-state index in [0.717, 1.165) is 23.9 Å². The summed E-state index contributed by atoms with van der Waals surface area (Å²) in [6, 6.07) is 0. The molecule has 0 aromatic heterocycles. The van der Waals surface area contributed by atoms with Gasteiger partial charge < -0.3 is 20.4 Å². The van der Waals surface area contributed by atoms with Gasteiger partial charge in [-0.15, -0.1) is 6.58 Å². The van der Waals surface area contributed by atoms with Gasteiger partial charge in [-0.3, -0.25) is 4.79 Å². The van der Waals surface area contributed by atoms with Crippen LogP contribution in [0, 0.1) is 0 Å². The van der Waals surface area contributed by atoms with Gasteiger partial charge in [0.2, 0.25) is 0 Å². The Bertz CT molecular complexity index is 1530. The second-order valence-corrected chi connectivity index (χ2v) is 18.5. The third-order valence-electron chi connectivity index (χ3n) is 8.91. The molecule has 0 aromatic carbocycles. The van der Waals surface area contributed by atoms with Gasteiger partial charge in [-0.25, -0.2) is 0 Å². The fraction of sp³-hybridized carbons (Fsp3) is 0.829. The minimum Gasteiger partial charge on any atom is -0.374 e. The van der Waals surface area contributed by atoms with Crippen molar-refractivity contribution in [2.75, 3.05) is 27.5 Å². The number of alkyl halides is 33. The Kier molecular flexibility index (Phi) is 45.6. The lowest BCUT2D eigenvalue weighted by Crippen LogP contribution is -2.56. The molecule has 0 atom stereocenters. The lowest BCUT2D eigenvalue weighted by atomic mass is 9.95. The van der Waals surface area contributed by atoms with Crippen LogP contribution in [0.25, 0.3) is 0 Å². The SMILES string of the molecule is C.C=CCCCBr.O=C(C(F)(F)F)C(F)(F)F.OC(C/C=C/CCBr)(C(F)(F)F)C(F)(F)F.OC(C/C=C/CCS)(C(F)(F)F)C(F)(F)F.OC(CCCCCBr)(C(F)(F)F)C(F)(F)F.OC(CCCCCS)(C(F)(F)F)C(F)(F)F. The molecule has 0 fully saturated rings. The number of carbonyl (C=O) groups is 1. The summed E-state index contributed by atoms with van der Waals surface area (Å²) in [6.07, 6.45) is -54.3. The van der Waals surface area contributed by atoms with Gasteiger partial charge in [0, 0.05) is 28.8 Å². The molecule has 0 rings (SSSR count). The van der Waals surface area contributed by atoms with Gasteiger partial charge in [0.25, 0.3) is 22.4 Å². The fourth-order valence-corrected chi connectivity index (χ4v) is 5.61. The van der Waals surface area contributed by atoms with Gasteiger partial charge in [0.05, 0.1) is 0 Å². The van der Waals surface area contributed by atoms with E-state index in [9.17, 15) is 137 Å². The summed E-state index contributed by atoms with van der Waals surface area (Å²) in [6.45, 7) is 3.58.